The van der Waals surface area contributed by atoms with Gasteiger partial charge in [0.2, 0.25) is 0 Å². The predicted octanol–water partition coefficient (Wildman–Crippen LogP) is 6.11. The predicted molar refractivity (Wildman–Crippen MR) is 130 cm³/mol. The summed E-state index contributed by atoms with van der Waals surface area (Å²) in [6, 6.07) is 38.6. The summed E-state index contributed by atoms with van der Waals surface area (Å²) in [4.78, 5) is 0. The lowest BCUT2D eigenvalue weighted by atomic mass is 10.2. The van der Waals surface area contributed by atoms with Crippen LogP contribution in [0.25, 0.3) is 0 Å². The van der Waals surface area contributed by atoms with Crippen molar-refractivity contribution in [2.75, 3.05) is 0 Å². The monoisotopic (exact) mass is 395 g/mol. The van der Waals surface area contributed by atoms with Crippen LogP contribution in [0.5, 0.6) is 0 Å². The molecular weight excluding hydrogens is 367 g/mol. The molecule has 0 saturated carbocycles. The van der Waals surface area contributed by atoms with Crippen LogP contribution in [0.4, 0.5) is 0 Å². The highest BCUT2D eigenvalue weighted by Gasteiger charge is 2.45. The van der Waals surface area contributed by atoms with Crippen molar-refractivity contribution in [2.45, 2.75) is 26.9 Å². The van der Waals surface area contributed by atoms with E-state index in [1.54, 1.807) is 0 Å². The van der Waals surface area contributed by atoms with Crippen molar-refractivity contribution in [3.63, 3.8) is 0 Å². The average Bonchev–Trinajstić information content (AvgIpc) is 2.75. The van der Waals surface area contributed by atoms with E-state index in [1.165, 1.54) is 38.2 Å². The van der Waals surface area contributed by atoms with Gasteiger partial charge in [-0.15, -0.1) is 0 Å². The second-order valence-electron chi connectivity index (χ2n) is 7.96. The lowest BCUT2D eigenvalue weighted by Crippen LogP contribution is -2.32. The molecule has 4 aromatic rings. The molecule has 29 heavy (non-hydrogen) atoms. The van der Waals surface area contributed by atoms with Gasteiger partial charge in [-0.1, -0.05) is 83.4 Å². The summed E-state index contributed by atoms with van der Waals surface area (Å²) in [5, 5.41) is 4.33. The van der Waals surface area contributed by atoms with Gasteiger partial charge in [-0.3, -0.25) is 0 Å². The Labute approximate surface area is 175 Å². The van der Waals surface area contributed by atoms with Crippen LogP contribution >= 0.6 is 7.26 Å². The molecule has 0 unspecified atom stereocenters. The van der Waals surface area contributed by atoms with E-state index in [0.29, 0.717) is 0 Å². The zero-order valence-corrected chi connectivity index (χ0v) is 18.4. The van der Waals surface area contributed by atoms with Gasteiger partial charge < -0.3 is 0 Å². The van der Waals surface area contributed by atoms with Crippen LogP contribution in [0.3, 0.4) is 0 Å². The van der Waals surface area contributed by atoms with Crippen molar-refractivity contribution in [1.29, 1.82) is 0 Å². The summed E-state index contributed by atoms with van der Waals surface area (Å²) in [5.74, 6) is 0. The minimum absolute atomic E-state index is 1.03. The third-order valence-corrected chi connectivity index (χ3v) is 10.1. The van der Waals surface area contributed by atoms with Gasteiger partial charge in [0.1, 0.15) is 23.2 Å². The fraction of sp³-hybridized carbons (Fsp3) is 0.143. The van der Waals surface area contributed by atoms with Gasteiger partial charge in [0, 0.05) is 0 Å². The molecule has 0 amide bonds. The van der Waals surface area contributed by atoms with Crippen LogP contribution in [0.15, 0.2) is 103 Å². The van der Waals surface area contributed by atoms with Crippen molar-refractivity contribution in [1.82, 2.24) is 0 Å². The molecule has 0 aliphatic rings. The van der Waals surface area contributed by atoms with E-state index < -0.39 is 7.26 Å². The van der Waals surface area contributed by atoms with Gasteiger partial charge in [0.25, 0.3) is 0 Å². The quantitative estimate of drug-likeness (QED) is 0.358. The molecule has 1 heteroatoms. The Morgan fingerprint density at radius 3 is 1.14 bits per heavy atom. The highest BCUT2D eigenvalue weighted by molar-refractivity contribution is 7.95. The molecule has 0 atom stereocenters. The van der Waals surface area contributed by atoms with Gasteiger partial charge in [0.05, 0.1) is 6.16 Å². The molecule has 144 valence electrons. The van der Waals surface area contributed by atoms with Gasteiger partial charge in [0.15, 0.2) is 0 Å². The van der Waals surface area contributed by atoms with Crippen LogP contribution in [0.2, 0.25) is 0 Å². The number of benzene rings is 4. The van der Waals surface area contributed by atoms with Gasteiger partial charge in [-0.2, -0.15) is 0 Å². The summed E-state index contributed by atoms with van der Waals surface area (Å²) in [5.41, 5.74) is 5.31. The SMILES string of the molecule is Cc1ccc([P+](Cc2ccccc2)(c2ccc(C)cc2)c2ccc(C)cc2)cc1. The smallest absolute Gasteiger partial charge is 0.0622 e. The van der Waals surface area contributed by atoms with Crippen molar-refractivity contribution >= 4 is 23.2 Å². The van der Waals surface area contributed by atoms with E-state index in [4.69, 9.17) is 0 Å². The molecule has 0 saturated heterocycles. The zero-order valence-electron chi connectivity index (χ0n) is 17.5. The molecule has 4 aromatic carbocycles. The van der Waals surface area contributed by atoms with Crippen molar-refractivity contribution < 1.29 is 0 Å². The number of hydrogen-bond donors (Lipinski definition) is 0. The molecule has 0 spiro atoms. The lowest BCUT2D eigenvalue weighted by Gasteiger charge is -2.28. The summed E-state index contributed by atoms with van der Waals surface area (Å²) in [7, 11) is -1.83. The Morgan fingerprint density at radius 1 is 0.448 bits per heavy atom. The van der Waals surface area contributed by atoms with Gasteiger partial charge in [-0.25, -0.2) is 0 Å². The minimum atomic E-state index is -1.83. The maximum atomic E-state index is 2.35. The maximum absolute atomic E-state index is 2.35. The zero-order chi connectivity index (χ0) is 20.3. The third kappa shape index (κ3) is 4.04. The van der Waals surface area contributed by atoms with Gasteiger partial charge in [-0.05, 0) is 62.7 Å². The molecular formula is C28H28P+. The molecule has 0 radical (unpaired) electrons. The second-order valence-corrected chi connectivity index (χ2v) is 11.4. The Balaban J connectivity index is 2.01. The van der Waals surface area contributed by atoms with E-state index in [2.05, 4.69) is 124 Å². The number of hydrogen-bond acceptors (Lipinski definition) is 0. The first-order chi connectivity index (χ1) is 14.1. The van der Waals surface area contributed by atoms with E-state index in [-0.39, 0.29) is 0 Å². The molecule has 0 bridgehead atoms. The van der Waals surface area contributed by atoms with E-state index in [0.717, 1.165) is 6.16 Å². The van der Waals surface area contributed by atoms with Gasteiger partial charge >= 0.3 is 0 Å². The first-order valence-corrected chi connectivity index (χ1v) is 12.2. The van der Waals surface area contributed by atoms with Crippen LogP contribution in [0, 0.1) is 20.8 Å². The van der Waals surface area contributed by atoms with Crippen LogP contribution in [0.1, 0.15) is 22.3 Å². The topological polar surface area (TPSA) is 0 Å². The third-order valence-electron chi connectivity index (χ3n) is 5.69. The normalized spacial score (nSPS) is 11.4. The first kappa shape index (κ1) is 19.6. The Morgan fingerprint density at radius 2 is 0.793 bits per heavy atom. The van der Waals surface area contributed by atoms with Crippen LogP contribution in [-0.4, -0.2) is 0 Å². The Bertz CT molecular complexity index is 949. The van der Waals surface area contributed by atoms with Crippen molar-refractivity contribution in [2.24, 2.45) is 0 Å². The molecule has 0 aliphatic carbocycles. The van der Waals surface area contributed by atoms with E-state index in [9.17, 15) is 0 Å². The van der Waals surface area contributed by atoms with Crippen LogP contribution in [-0.2, 0) is 6.16 Å². The summed E-state index contributed by atoms with van der Waals surface area (Å²) in [6.45, 7) is 6.50. The molecule has 0 aliphatic heterocycles. The summed E-state index contributed by atoms with van der Waals surface area (Å²) < 4.78 is 0. The summed E-state index contributed by atoms with van der Waals surface area (Å²) in [6.07, 6.45) is 1.03. The van der Waals surface area contributed by atoms with Crippen molar-refractivity contribution in [3.05, 3.63) is 125 Å². The molecule has 0 aromatic heterocycles. The molecule has 4 rings (SSSR count). The highest BCUT2D eigenvalue weighted by Crippen LogP contribution is 2.58. The minimum Gasteiger partial charge on any atom is -0.0622 e. The molecule has 0 fully saturated rings. The van der Waals surface area contributed by atoms with E-state index >= 15 is 0 Å². The lowest BCUT2D eigenvalue weighted by molar-refractivity contribution is 1.38. The highest BCUT2D eigenvalue weighted by atomic mass is 31.2. The Hall–Kier alpha value is -2.69. The average molecular weight is 396 g/mol. The fourth-order valence-electron chi connectivity index (χ4n) is 3.98. The Kier molecular flexibility index (Phi) is 5.65. The van der Waals surface area contributed by atoms with E-state index in [1.807, 2.05) is 0 Å². The first-order valence-electron chi connectivity index (χ1n) is 10.2. The van der Waals surface area contributed by atoms with Crippen LogP contribution < -0.4 is 15.9 Å². The maximum Gasteiger partial charge on any atom is 0.116 e. The number of aryl methyl sites for hydroxylation is 3. The standard InChI is InChI=1S/C28H28P/c1-22-9-15-26(16-10-22)29(21-25-7-5-4-6-8-25,27-17-11-23(2)12-18-27)28-19-13-24(3)14-20-28/h4-20H,21H2,1-3H3/q+1. The number of rotatable bonds is 5. The molecule has 0 N–H and O–H groups in total. The fourth-order valence-corrected chi connectivity index (χ4v) is 8.15. The second kappa shape index (κ2) is 8.36. The molecule has 0 nitrogen and oxygen atoms in total. The van der Waals surface area contributed by atoms with Crippen molar-refractivity contribution in [3.8, 4) is 0 Å². The summed E-state index contributed by atoms with van der Waals surface area (Å²) >= 11 is 0. The molecule has 0 heterocycles. The largest absolute Gasteiger partial charge is 0.116 e.